The number of nitrogens with one attached hydrogen (secondary N) is 1. The highest BCUT2D eigenvalue weighted by Gasteiger charge is 2.20. The molecule has 2 N–H and O–H groups in total. The van der Waals surface area contributed by atoms with Gasteiger partial charge in [0.15, 0.2) is 5.75 Å². The van der Waals surface area contributed by atoms with Crippen LogP contribution in [-0.4, -0.2) is 34.3 Å². The maximum absolute atomic E-state index is 9.06. The van der Waals surface area contributed by atoms with E-state index < -0.39 is 0 Å². The number of ether oxygens (including phenoxy) is 1. The summed E-state index contributed by atoms with van der Waals surface area (Å²) >= 11 is 0. The summed E-state index contributed by atoms with van der Waals surface area (Å²) in [6.45, 7) is 0. The number of anilines is 1. The van der Waals surface area contributed by atoms with Gasteiger partial charge in [-0.05, 0) is 25.7 Å². The highest BCUT2D eigenvalue weighted by Crippen LogP contribution is 2.22. The van der Waals surface area contributed by atoms with E-state index in [2.05, 4.69) is 15.3 Å². The fourth-order valence-corrected chi connectivity index (χ4v) is 2.02. The van der Waals surface area contributed by atoms with Crippen LogP contribution in [0.5, 0.6) is 5.75 Å². The Bertz CT molecular complexity index is 321. The Hall–Kier alpha value is -1.36. The number of nitrogens with zero attached hydrogens (tertiary/aromatic N) is 2. The van der Waals surface area contributed by atoms with E-state index in [1.54, 1.807) is 7.11 Å². The predicted molar refractivity (Wildman–Crippen MR) is 60.4 cm³/mol. The Kier molecular flexibility index (Phi) is 3.56. The number of aromatic hydroxyl groups is 1. The molecular formula is C11H17N3O2. The summed E-state index contributed by atoms with van der Waals surface area (Å²) in [5.74, 6) is 0.673. The van der Waals surface area contributed by atoms with Gasteiger partial charge in [0.2, 0.25) is 5.95 Å². The summed E-state index contributed by atoms with van der Waals surface area (Å²) in [6, 6.07) is 0.413. The van der Waals surface area contributed by atoms with E-state index in [1.807, 2.05) is 0 Å². The van der Waals surface area contributed by atoms with Crippen LogP contribution in [0.1, 0.15) is 25.7 Å². The van der Waals surface area contributed by atoms with Gasteiger partial charge in [-0.25, -0.2) is 9.97 Å². The van der Waals surface area contributed by atoms with Gasteiger partial charge in [0.05, 0.1) is 18.5 Å². The van der Waals surface area contributed by atoms with Crippen molar-refractivity contribution in [3.8, 4) is 5.75 Å². The summed E-state index contributed by atoms with van der Waals surface area (Å²) in [7, 11) is 1.77. The fourth-order valence-electron chi connectivity index (χ4n) is 2.02. The Morgan fingerprint density at radius 3 is 2.44 bits per heavy atom. The minimum Gasteiger partial charge on any atom is -0.505 e. The second-order valence-electron chi connectivity index (χ2n) is 4.12. The van der Waals surface area contributed by atoms with Gasteiger partial charge < -0.3 is 15.2 Å². The molecule has 5 heteroatoms. The quantitative estimate of drug-likeness (QED) is 0.813. The molecule has 0 aromatic carbocycles. The third-order valence-electron chi connectivity index (χ3n) is 2.98. The van der Waals surface area contributed by atoms with E-state index in [0.29, 0.717) is 18.1 Å². The van der Waals surface area contributed by atoms with Crippen LogP contribution in [0.4, 0.5) is 5.95 Å². The highest BCUT2D eigenvalue weighted by molar-refractivity contribution is 5.27. The molecule has 0 unspecified atom stereocenters. The lowest BCUT2D eigenvalue weighted by atomic mass is 9.93. The van der Waals surface area contributed by atoms with E-state index in [9.17, 15) is 0 Å². The lowest BCUT2D eigenvalue weighted by Gasteiger charge is -2.28. The predicted octanol–water partition coefficient (Wildman–Crippen LogP) is 1.55. The van der Waals surface area contributed by atoms with E-state index in [-0.39, 0.29) is 5.75 Å². The van der Waals surface area contributed by atoms with Gasteiger partial charge in [0.25, 0.3) is 0 Å². The molecule has 16 heavy (non-hydrogen) atoms. The van der Waals surface area contributed by atoms with Gasteiger partial charge in [0, 0.05) is 13.2 Å². The Morgan fingerprint density at radius 2 is 1.88 bits per heavy atom. The standard InChI is InChI=1S/C11H17N3O2/c1-16-10-4-2-8(3-5-10)14-11-12-6-9(15)7-13-11/h6-8,10,15H,2-5H2,1H3,(H,12,13,14). The number of hydrogen-bond donors (Lipinski definition) is 2. The molecule has 1 heterocycles. The third kappa shape index (κ3) is 2.82. The molecule has 5 nitrogen and oxygen atoms in total. The topological polar surface area (TPSA) is 67.3 Å². The summed E-state index contributed by atoms with van der Waals surface area (Å²) in [5, 5.41) is 12.3. The average Bonchev–Trinajstić information content (AvgIpc) is 2.33. The first-order valence-corrected chi connectivity index (χ1v) is 5.58. The summed E-state index contributed by atoms with van der Waals surface area (Å²) in [6.07, 6.45) is 7.50. The minimum atomic E-state index is 0.0913. The first kappa shape index (κ1) is 11.1. The Morgan fingerprint density at radius 1 is 1.25 bits per heavy atom. The second-order valence-corrected chi connectivity index (χ2v) is 4.12. The molecule has 1 fully saturated rings. The molecule has 0 spiro atoms. The van der Waals surface area contributed by atoms with Crippen molar-refractivity contribution in [2.75, 3.05) is 12.4 Å². The normalized spacial score (nSPS) is 25.3. The molecule has 1 aliphatic rings. The zero-order chi connectivity index (χ0) is 11.4. The zero-order valence-electron chi connectivity index (χ0n) is 9.39. The molecule has 1 aromatic heterocycles. The molecule has 1 aliphatic carbocycles. The molecule has 0 aliphatic heterocycles. The largest absolute Gasteiger partial charge is 0.505 e. The van der Waals surface area contributed by atoms with E-state index in [0.717, 1.165) is 25.7 Å². The van der Waals surface area contributed by atoms with Crippen LogP contribution < -0.4 is 5.32 Å². The number of methoxy groups -OCH3 is 1. The Balaban J connectivity index is 1.84. The maximum Gasteiger partial charge on any atom is 0.223 e. The molecule has 1 aromatic rings. The third-order valence-corrected chi connectivity index (χ3v) is 2.98. The summed E-state index contributed by atoms with van der Waals surface area (Å²) < 4.78 is 5.31. The molecule has 88 valence electrons. The lowest BCUT2D eigenvalue weighted by Crippen LogP contribution is -2.29. The van der Waals surface area contributed by atoms with Crippen molar-refractivity contribution in [3.63, 3.8) is 0 Å². The highest BCUT2D eigenvalue weighted by atomic mass is 16.5. The van der Waals surface area contributed by atoms with E-state index >= 15 is 0 Å². The Labute approximate surface area is 94.9 Å². The average molecular weight is 223 g/mol. The van der Waals surface area contributed by atoms with E-state index in [1.165, 1.54) is 12.4 Å². The van der Waals surface area contributed by atoms with Crippen molar-refractivity contribution < 1.29 is 9.84 Å². The van der Waals surface area contributed by atoms with Crippen molar-refractivity contribution in [3.05, 3.63) is 12.4 Å². The molecule has 0 saturated heterocycles. The van der Waals surface area contributed by atoms with Gasteiger partial charge in [0.1, 0.15) is 0 Å². The van der Waals surface area contributed by atoms with Crippen LogP contribution in [0.25, 0.3) is 0 Å². The minimum absolute atomic E-state index is 0.0913. The van der Waals surface area contributed by atoms with Crippen LogP contribution in [-0.2, 0) is 4.74 Å². The molecule has 1 saturated carbocycles. The van der Waals surface area contributed by atoms with Crippen LogP contribution >= 0.6 is 0 Å². The fraction of sp³-hybridized carbons (Fsp3) is 0.636. The van der Waals surface area contributed by atoms with Gasteiger partial charge in [-0.1, -0.05) is 0 Å². The van der Waals surface area contributed by atoms with Crippen LogP contribution in [0.2, 0.25) is 0 Å². The van der Waals surface area contributed by atoms with Crippen molar-refractivity contribution in [2.45, 2.75) is 37.8 Å². The van der Waals surface area contributed by atoms with Crippen LogP contribution in [0.3, 0.4) is 0 Å². The number of rotatable bonds is 3. The zero-order valence-corrected chi connectivity index (χ0v) is 9.39. The van der Waals surface area contributed by atoms with Crippen molar-refractivity contribution in [2.24, 2.45) is 0 Å². The number of aromatic nitrogens is 2. The van der Waals surface area contributed by atoms with Gasteiger partial charge in [-0.2, -0.15) is 0 Å². The van der Waals surface area contributed by atoms with Gasteiger partial charge in [-0.3, -0.25) is 0 Å². The second kappa shape index (κ2) is 5.12. The van der Waals surface area contributed by atoms with Crippen LogP contribution in [0.15, 0.2) is 12.4 Å². The SMILES string of the molecule is COC1CCC(Nc2ncc(O)cn2)CC1. The molecule has 0 radical (unpaired) electrons. The maximum atomic E-state index is 9.06. The van der Waals surface area contributed by atoms with Gasteiger partial charge in [-0.15, -0.1) is 0 Å². The molecule has 0 bridgehead atoms. The molecule has 0 amide bonds. The molecular weight excluding hydrogens is 206 g/mol. The summed E-state index contributed by atoms with van der Waals surface area (Å²) in [4.78, 5) is 8.02. The number of hydrogen-bond acceptors (Lipinski definition) is 5. The van der Waals surface area contributed by atoms with Crippen LogP contribution in [0, 0.1) is 0 Å². The lowest BCUT2D eigenvalue weighted by molar-refractivity contribution is 0.0681. The van der Waals surface area contributed by atoms with Crippen molar-refractivity contribution >= 4 is 5.95 Å². The van der Waals surface area contributed by atoms with Gasteiger partial charge >= 0.3 is 0 Å². The first-order valence-electron chi connectivity index (χ1n) is 5.58. The summed E-state index contributed by atoms with van der Waals surface area (Å²) in [5.41, 5.74) is 0. The molecule has 0 atom stereocenters. The van der Waals surface area contributed by atoms with Crippen molar-refractivity contribution in [1.29, 1.82) is 0 Å². The smallest absolute Gasteiger partial charge is 0.223 e. The first-order chi connectivity index (χ1) is 7.78. The molecule has 2 rings (SSSR count). The monoisotopic (exact) mass is 223 g/mol. The van der Waals surface area contributed by atoms with E-state index in [4.69, 9.17) is 9.84 Å². The van der Waals surface area contributed by atoms with Crippen molar-refractivity contribution in [1.82, 2.24) is 9.97 Å².